The molecule has 0 aromatic heterocycles. The van der Waals surface area contributed by atoms with Crippen LogP contribution in [0.5, 0.6) is 5.75 Å². The van der Waals surface area contributed by atoms with Gasteiger partial charge in [0.2, 0.25) is 0 Å². The van der Waals surface area contributed by atoms with Crippen molar-refractivity contribution >= 4 is 33.4 Å². The zero-order chi connectivity index (χ0) is 13.5. The standard InChI is InChI=1S/C15H16BrNOS/c16-14-7-1-2-8-15(14)19-10-4-9-18-13-6-3-5-12(17)11-13/h1-3,5-8,11H,4,9-10,17H2. The Balaban J connectivity index is 1.69. The molecule has 0 saturated carbocycles. The molecular formula is C15H16BrNOS. The summed E-state index contributed by atoms with van der Waals surface area (Å²) in [7, 11) is 0. The highest BCUT2D eigenvalue weighted by molar-refractivity contribution is 9.10. The third-order valence-corrected chi connectivity index (χ3v) is 4.62. The van der Waals surface area contributed by atoms with Gasteiger partial charge >= 0.3 is 0 Å². The minimum Gasteiger partial charge on any atom is -0.493 e. The van der Waals surface area contributed by atoms with E-state index in [1.54, 1.807) is 0 Å². The van der Waals surface area contributed by atoms with E-state index in [1.165, 1.54) is 4.90 Å². The van der Waals surface area contributed by atoms with E-state index in [0.717, 1.165) is 28.1 Å². The van der Waals surface area contributed by atoms with Crippen LogP contribution in [0.2, 0.25) is 0 Å². The van der Waals surface area contributed by atoms with Gasteiger partial charge < -0.3 is 10.5 Å². The Morgan fingerprint density at radius 1 is 1.11 bits per heavy atom. The molecule has 0 heterocycles. The van der Waals surface area contributed by atoms with Gasteiger partial charge in [0.1, 0.15) is 5.75 Å². The summed E-state index contributed by atoms with van der Waals surface area (Å²) in [6.07, 6.45) is 1.00. The SMILES string of the molecule is Nc1cccc(OCCCSc2ccccc2Br)c1. The quantitative estimate of drug-likeness (QED) is 0.475. The molecule has 0 spiro atoms. The van der Waals surface area contributed by atoms with E-state index in [-0.39, 0.29) is 0 Å². The smallest absolute Gasteiger partial charge is 0.121 e. The first-order valence-electron chi connectivity index (χ1n) is 6.11. The highest BCUT2D eigenvalue weighted by Gasteiger charge is 1.99. The summed E-state index contributed by atoms with van der Waals surface area (Å²) in [6, 6.07) is 15.8. The molecular weight excluding hydrogens is 322 g/mol. The molecule has 0 saturated heterocycles. The zero-order valence-corrected chi connectivity index (χ0v) is 12.9. The van der Waals surface area contributed by atoms with Crippen molar-refractivity contribution in [2.75, 3.05) is 18.1 Å². The van der Waals surface area contributed by atoms with E-state index in [4.69, 9.17) is 10.5 Å². The maximum Gasteiger partial charge on any atom is 0.121 e. The Hall–Kier alpha value is -1.13. The van der Waals surface area contributed by atoms with Crippen LogP contribution in [0.25, 0.3) is 0 Å². The lowest BCUT2D eigenvalue weighted by Crippen LogP contribution is -1.99. The fourth-order valence-corrected chi connectivity index (χ4v) is 3.09. The van der Waals surface area contributed by atoms with Crippen molar-refractivity contribution in [1.29, 1.82) is 0 Å². The summed E-state index contributed by atoms with van der Waals surface area (Å²) >= 11 is 5.38. The number of halogens is 1. The number of nitrogen functional groups attached to an aromatic ring is 1. The summed E-state index contributed by atoms with van der Waals surface area (Å²) in [4.78, 5) is 1.27. The van der Waals surface area contributed by atoms with Crippen molar-refractivity contribution in [3.8, 4) is 5.75 Å². The molecule has 2 N–H and O–H groups in total. The van der Waals surface area contributed by atoms with Gasteiger partial charge in [-0.25, -0.2) is 0 Å². The van der Waals surface area contributed by atoms with E-state index >= 15 is 0 Å². The van der Waals surface area contributed by atoms with Crippen LogP contribution in [0.3, 0.4) is 0 Å². The first kappa shape index (κ1) is 14.3. The largest absolute Gasteiger partial charge is 0.493 e. The third-order valence-electron chi connectivity index (χ3n) is 2.51. The summed E-state index contributed by atoms with van der Waals surface area (Å²) in [5, 5.41) is 0. The first-order valence-corrected chi connectivity index (χ1v) is 7.89. The summed E-state index contributed by atoms with van der Waals surface area (Å²) in [5.41, 5.74) is 6.43. The molecule has 100 valence electrons. The molecule has 0 bridgehead atoms. The fraction of sp³-hybridized carbons (Fsp3) is 0.200. The molecule has 2 aromatic carbocycles. The Bertz CT molecular complexity index is 533. The van der Waals surface area contributed by atoms with Crippen LogP contribution < -0.4 is 10.5 Å². The summed E-state index contributed by atoms with van der Waals surface area (Å²) < 4.78 is 6.80. The Morgan fingerprint density at radius 2 is 1.95 bits per heavy atom. The number of nitrogens with two attached hydrogens (primary N) is 1. The molecule has 19 heavy (non-hydrogen) atoms. The van der Waals surface area contributed by atoms with Gasteiger partial charge in [-0.1, -0.05) is 18.2 Å². The van der Waals surface area contributed by atoms with E-state index in [2.05, 4.69) is 34.1 Å². The molecule has 0 amide bonds. The number of benzene rings is 2. The van der Waals surface area contributed by atoms with Crippen molar-refractivity contribution in [2.45, 2.75) is 11.3 Å². The van der Waals surface area contributed by atoms with Crippen molar-refractivity contribution in [2.24, 2.45) is 0 Å². The van der Waals surface area contributed by atoms with Crippen LogP contribution in [0, 0.1) is 0 Å². The number of hydrogen-bond acceptors (Lipinski definition) is 3. The van der Waals surface area contributed by atoms with E-state index in [1.807, 2.05) is 42.1 Å². The van der Waals surface area contributed by atoms with Crippen molar-refractivity contribution in [1.82, 2.24) is 0 Å². The Kier molecular flexibility index (Phi) is 5.61. The van der Waals surface area contributed by atoms with Gasteiger partial charge in [-0.3, -0.25) is 0 Å². The maximum absolute atomic E-state index is 5.69. The molecule has 2 aromatic rings. The minimum absolute atomic E-state index is 0.709. The van der Waals surface area contributed by atoms with E-state index in [9.17, 15) is 0 Å². The van der Waals surface area contributed by atoms with Gasteiger partial charge in [0.15, 0.2) is 0 Å². The average molecular weight is 338 g/mol. The average Bonchev–Trinajstić information content (AvgIpc) is 2.40. The second-order valence-electron chi connectivity index (χ2n) is 4.05. The minimum atomic E-state index is 0.709. The molecule has 0 aliphatic carbocycles. The third kappa shape index (κ3) is 4.80. The topological polar surface area (TPSA) is 35.2 Å². The predicted molar refractivity (Wildman–Crippen MR) is 85.8 cm³/mol. The second kappa shape index (κ2) is 7.46. The van der Waals surface area contributed by atoms with Gasteiger partial charge in [-0.05, 0) is 46.6 Å². The normalized spacial score (nSPS) is 10.4. The lowest BCUT2D eigenvalue weighted by molar-refractivity contribution is 0.319. The summed E-state index contributed by atoms with van der Waals surface area (Å²) in [5.74, 6) is 1.87. The Morgan fingerprint density at radius 3 is 2.74 bits per heavy atom. The van der Waals surface area contributed by atoms with Crippen molar-refractivity contribution in [3.05, 3.63) is 53.0 Å². The molecule has 0 atom stereocenters. The number of rotatable bonds is 6. The van der Waals surface area contributed by atoms with Gasteiger partial charge in [0.05, 0.1) is 6.61 Å². The van der Waals surface area contributed by atoms with E-state index in [0.29, 0.717) is 6.61 Å². The van der Waals surface area contributed by atoms with Crippen LogP contribution in [-0.4, -0.2) is 12.4 Å². The molecule has 4 heteroatoms. The predicted octanol–water partition coefficient (Wildman–Crippen LogP) is 4.59. The first-order chi connectivity index (χ1) is 9.25. The number of thioether (sulfide) groups is 1. The highest BCUT2D eigenvalue weighted by Crippen LogP contribution is 2.27. The van der Waals surface area contributed by atoms with Gasteiger partial charge in [0, 0.05) is 26.9 Å². The van der Waals surface area contributed by atoms with Gasteiger partial charge in [-0.2, -0.15) is 0 Å². The van der Waals surface area contributed by atoms with Crippen LogP contribution in [0.15, 0.2) is 57.9 Å². The van der Waals surface area contributed by atoms with Gasteiger partial charge in [0.25, 0.3) is 0 Å². The zero-order valence-electron chi connectivity index (χ0n) is 10.5. The molecule has 2 rings (SSSR count). The molecule has 0 aliphatic heterocycles. The highest BCUT2D eigenvalue weighted by atomic mass is 79.9. The monoisotopic (exact) mass is 337 g/mol. The molecule has 2 nitrogen and oxygen atoms in total. The van der Waals surface area contributed by atoms with Gasteiger partial charge in [-0.15, -0.1) is 11.8 Å². The Labute approximate surface area is 126 Å². The molecule has 0 unspecified atom stereocenters. The van der Waals surface area contributed by atoms with Crippen LogP contribution >= 0.6 is 27.7 Å². The molecule has 0 fully saturated rings. The van der Waals surface area contributed by atoms with Crippen LogP contribution in [0.4, 0.5) is 5.69 Å². The van der Waals surface area contributed by atoms with E-state index < -0.39 is 0 Å². The number of ether oxygens (including phenoxy) is 1. The number of anilines is 1. The number of hydrogen-bond donors (Lipinski definition) is 1. The van der Waals surface area contributed by atoms with Crippen LogP contribution in [-0.2, 0) is 0 Å². The van der Waals surface area contributed by atoms with Crippen molar-refractivity contribution < 1.29 is 4.74 Å². The lowest BCUT2D eigenvalue weighted by atomic mass is 10.3. The second-order valence-corrected chi connectivity index (χ2v) is 6.04. The molecule has 0 radical (unpaired) electrons. The lowest BCUT2D eigenvalue weighted by Gasteiger charge is -2.07. The molecule has 0 aliphatic rings. The van der Waals surface area contributed by atoms with Crippen molar-refractivity contribution in [3.63, 3.8) is 0 Å². The van der Waals surface area contributed by atoms with Crippen LogP contribution in [0.1, 0.15) is 6.42 Å². The fourth-order valence-electron chi connectivity index (χ4n) is 1.60. The maximum atomic E-state index is 5.69. The summed E-state index contributed by atoms with van der Waals surface area (Å²) in [6.45, 7) is 0.709.